The Labute approximate surface area is 261 Å². The molecule has 0 amide bonds. The van der Waals surface area contributed by atoms with Gasteiger partial charge >= 0.3 is 36.4 Å². The van der Waals surface area contributed by atoms with Crippen molar-refractivity contribution in [1.29, 1.82) is 0 Å². The number of carboxylic acids is 3. The Kier molecular flexibility index (Phi) is 15.1. The smallest absolute Gasteiger partial charge is 0.475 e. The Morgan fingerprint density at radius 3 is 1.81 bits per heavy atom. The van der Waals surface area contributed by atoms with Crippen LogP contribution in [0, 0.1) is 5.92 Å². The maximum Gasteiger partial charge on any atom is 0.490 e. The topological polar surface area (TPSA) is 158 Å². The lowest BCUT2D eigenvalue weighted by Gasteiger charge is -2.58. The SMILES string of the molecule is CN1CCC(COCc2cccnc2)CC12CN(Cc1cnn(C)c1)C2.O=C(O)C(F)(F)F.O=C(O)C(F)(F)F.O=C(O)C(F)(F)F. The first-order valence-corrected chi connectivity index (χ1v) is 13.2. The van der Waals surface area contributed by atoms with E-state index in [-0.39, 0.29) is 0 Å². The number of rotatable bonds is 6. The summed E-state index contributed by atoms with van der Waals surface area (Å²) < 4.78 is 103. The molecule has 47 heavy (non-hydrogen) atoms. The molecule has 4 rings (SSSR count). The second kappa shape index (κ2) is 17.3. The van der Waals surface area contributed by atoms with Gasteiger partial charge in [0, 0.05) is 63.0 Å². The number of alkyl halides is 9. The van der Waals surface area contributed by atoms with Crippen molar-refractivity contribution in [1.82, 2.24) is 24.6 Å². The summed E-state index contributed by atoms with van der Waals surface area (Å²) in [6.07, 6.45) is -5.00. The fraction of sp³-hybridized carbons (Fsp3) is 0.577. The van der Waals surface area contributed by atoms with Gasteiger partial charge in [-0.15, -0.1) is 0 Å². The van der Waals surface area contributed by atoms with Crippen LogP contribution >= 0.6 is 0 Å². The highest BCUT2D eigenvalue weighted by atomic mass is 19.4. The summed E-state index contributed by atoms with van der Waals surface area (Å²) in [5, 5.41) is 25.7. The molecule has 0 aliphatic carbocycles. The van der Waals surface area contributed by atoms with Crippen molar-refractivity contribution in [2.24, 2.45) is 13.0 Å². The van der Waals surface area contributed by atoms with Gasteiger partial charge < -0.3 is 20.1 Å². The molecule has 4 heterocycles. The van der Waals surface area contributed by atoms with Gasteiger partial charge in [0.25, 0.3) is 0 Å². The van der Waals surface area contributed by atoms with E-state index in [1.54, 1.807) is 6.20 Å². The Hall–Kier alpha value is -3.98. The summed E-state index contributed by atoms with van der Waals surface area (Å²) in [4.78, 5) is 35.9. The van der Waals surface area contributed by atoms with Crippen molar-refractivity contribution in [3.63, 3.8) is 0 Å². The first-order valence-electron chi connectivity index (χ1n) is 13.2. The average Bonchev–Trinajstić information content (AvgIpc) is 3.34. The van der Waals surface area contributed by atoms with Gasteiger partial charge in [-0.25, -0.2) is 14.4 Å². The van der Waals surface area contributed by atoms with Gasteiger partial charge in [-0.05, 0) is 44.0 Å². The molecule has 2 saturated heterocycles. The van der Waals surface area contributed by atoms with Gasteiger partial charge in [-0.3, -0.25) is 19.5 Å². The summed E-state index contributed by atoms with van der Waals surface area (Å²) in [5.41, 5.74) is 2.79. The third kappa shape index (κ3) is 15.0. The molecule has 2 aliphatic rings. The number of carbonyl (C=O) groups is 3. The molecular formula is C26H32F9N5O7. The Bertz CT molecular complexity index is 1230. The number of piperidine rings is 1. The average molecular weight is 698 g/mol. The van der Waals surface area contributed by atoms with E-state index < -0.39 is 36.4 Å². The third-order valence-electron chi connectivity index (χ3n) is 6.62. The van der Waals surface area contributed by atoms with Crippen LogP contribution in [0.1, 0.15) is 24.0 Å². The van der Waals surface area contributed by atoms with Crippen molar-refractivity contribution in [2.75, 3.05) is 33.3 Å². The van der Waals surface area contributed by atoms with E-state index in [2.05, 4.69) is 39.2 Å². The molecule has 21 heteroatoms. The molecule has 2 aliphatic heterocycles. The number of hydrogen-bond acceptors (Lipinski definition) is 8. The molecule has 0 radical (unpaired) electrons. The van der Waals surface area contributed by atoms with Crippen LogP contribution in [0.25, 0.3) is 0 Å². The fourth-order valence-electron chi connectivity index (χ4n) is 4.46. The second-order valence-electron chi connectivity index (χ2n) is 10.5. The second-order valence-corrected chi connectivity index (χ2v) is 10.5. The highest BCUT2D eigenvalue weighted by Crippen LogP contribution is 2.39. The maximum absolute atomic E-state index is 10.6. The van der Waals surface area contributed by atoms with Gasteiger partial charge in [0.15, 0.2) is 0 Å². The van der Waals surface area contributed by atoms with Gasteiger partial charge in [-0.1, -0.05) is 6.07 Å². The minimum absolute atomic E-state index is 0.336. The van der Waals surface area contributed by atoms with Crippen molar-refractivity contribution in [3.05, 3.63) is 48.0 Å². The molecule has 0 bridgehead atoms. The highest BCUT2D eigenvalue weighted by molar-refractivity contribution is 5.73. The van der Waals surface area contributed by atoms with Crippen LogP contribution in [0.3, 0.4) is 0 Å². The largest absolute Gasteiger partial charge is 0.490 e. The van der Waals surface area contributed by atoms with Crippen molar-refractivity contribution in [3.8, 4) is 0 Å². The van der Waals surface area contributed by atoms with Crippen molar-refractivity contribution >= 4 is 17.9 Å². The van der Waals surface area contributed by atoms with E-state index in [1.165, 1.54) is 24.9 Å². The monoisotopic (exact) mass is 697 g/mol. The number of carboxylic acid groups (broad SMARTS) is 3. The van der Waals surface area contributed by atoms with E-state index in [0.717, 1.165) is 31.8 Å². The number of aryl methyl sites for hydroxylation is 1. The van der Waals surface area contributed by atoms with E-state index in [0.29, 0.717) is 18.1 Å². The molecule has 2 aromatic heterocycles. The number of aliphatic carboxylic acids is 3. The van der Waals surface area contributed by atoms with Gasteiger partial charge in [0.1, 0.15) is 0 Å². The van der Waals surface area contributed by atoms with Crippen molar-refractivity contribution in [2.45, 2.75) is 50.1 Å². The quantitative estimate of drug-likeness (QED) is 0.377. The molecule has 3 N–H and O–H groups in total. The minimum atomic E-state index is -5.08. The molecule has 266 valence electrons. The molecule has 1 atom stereocenters. The first kappa shape index (κ1) is 41.0. The van der Waals surface area contributed by atoms with Gasteiger partial charge in [0.05, 0.1) is 12.8 Å². The maximum atomic E-state index is 10.6. The zero-order valence-corrected chi connectivity index (χ0v) is 24.8. The number of ether oxygens (including phenoxy) is 1. The van der Waals surface area contributed by atoms with Crippen LogP contribution < -0.4 is 0 Å². The Morgan fingerprint density at radius 1 is 0.894 bits per heavy atom. The van der Waals surface area contributed by atoms with Crippen LogP contribution in [0.4, 0.5) is 39.5 Å². The lowest BCUT2D eigenvalue weighted by molar-refractivity contribution is -0.193. The molecule has 0 aromatic carbocycles. The zero-order valence-electron chi connectivity index (χ0n) is 24.8. The minimum Gasteiger partial charge on any atom is -0.475 e. The number of hydrogen-bond donors (Lipinski definition) is 3. The number of nitrogens with zero attached hydrogens (tertiary/aromatic N) is 5. The number of likely N-dealkylation sites (N-methyl/N-ethyl adjacent to an activating group) is 1. The number of halogens is 9. The summed E-state index contributed by atoms with van der Waals surface area (Å²) in [6, 6.07) is 4.04. The molecule has 12 nitrogen and oxygen atoms in total. The van der Waals surface area contributed by atoms with E-state index in [9.17, 15) is 39.5 Å². The molecular weight excluding hydrogens is 665 g/mol. The predicted molar refractivity (Wildman–Crippen MR) is 142 cm³/mol. The Morgan fingerprint density at radius 2 is 1.40 bits per heavy atom. The first-order chi connectivity index (χ1) is 21.5. The molecule has 1 spiro atoms. The molecule has 2 fully saturated rings. The van der Waals surface area contributed by atoms with Crippen LogP contribution in [0.15, 0.2) is 36.9 Å². The van der Waals surface area contributed by atoms with Crippen LogP contribution in [-0.2, 0) is 39.3 Å². The predicted octanol–water partition coefficient (Wildman–Crippen LogP) is 3.83. The molecule has 1 unspecified atom stereocenters. The highest BCUT2D eigenvalue weighted by Gasteiger charge is 2.49. The van der Waals surface area contributed by atoms with E-state index in [4.69, 9.17) is 34.4 Å². The van der Waals surface area contributed by atoms with Gasteiger partial charge in [-0.2, -0.15) is 44.6 Å². The van der Waals surface area contributed by atoms with E-state index >= 15 is 0 Å². The molecule has 2 aromatic rings. The van der Waals surface area contributed by atoms with Crippen LogP contribution in [0.5, 0.6) is 0 Å². The van der Waals surface area contributed by atoms with Crippen LogP contribution in [-0.4, -0.2) is 115 Å². The van der Waals surface area contributed by atoms with Crippen molar-refractivity contribution < 1.29 is 74.0 Å². The summed E-state index contributed by atoms with van der Waals surface area (Å²) in [7, 11) is 4.26. The Balaban J connectivity index is 0.000000430. The summed E-state index contributed by atoms with van der Waals surface area (Å²) >= 11 is 0. The zero-order chi connectivity index (χ0) is 36.2. The van der Waals surface area contributed by atoms with Crippen LogP contribution in [0.2, 0.25) is 0 Å². The van der Waals surface area contributed by atoms with E-state index in [1.807, 2.05) is 30.2 Å². The number of pyridine rings is 1. The normalized spacial score (nSPS) is 17.9. The lowest BCUT2D eigenvalue weighted by atomic mass is 9.75. The standard InChI is InChI=1S/C20H29N5O.3C2HF3O2/c1-23-7-5-17(13-26-14-18-4-3-6-21-9-18)8-20(23)15-25(16-20)12-19-10-22-24(2)11-19;3*3-2(4,5)1(6)7/h3-4,6,9-11,17H,5,7-8,12-16H2,1-2H3;3*(H,6,7). The van der Waals surface area contributed by atoms with Gasteiger partial charge in [0.2, 0.25) is 0 Å². The molecule has 0 saturated carbocycles. The third-order valence-corrected chi connectivity index (χ3v) is 6.62. The number of likely N-dealkylation sites (tertiary alicyclic amines) is 2. The lowest BCUT2D eigenvalue weighted by Crippen LogP contribution is -2.71. The number of aromatic nitrogens is 3. The summed E-state index contributed by atoms with van der Waals surface area (Å²) in [5.74, 6) is -7.61. The fourth-order valence-corrected chi connectivity index (χ4v) is 4.46. The summed E-state index contributed by atoms with van der Waals surface area (Å²) in [6.45, 7) is 6.00.